The predicted octanol–water partition coefficient (Wildman–Crippen LogP) is 3.89. The second kappa shape index (κ2) is 7.59. The van der Waals surface area contributed by atoms with E-state index >= 15 is 0 Å². The zero-order valence-electron chi connectivity index (χ0n) is 15.2. The Kier molecular flexibility index (Phi) is 5.26. The summed E-state index contributed by atoms with van der Waals surface area (Å²) < 4.78 is 6.95. The van der Waals surface area contributed by atoms with Crippen LogP contribution in [0.5, 0.6) is 5.75 Å². The number of anilines is 1. The number of nitrogens with one attached hydrogen (secondary N) is 1. The molecular weight excluding hydrogens is 316 g/mol. The minimum absolute atomic E-state index is 0.0641. The molecule has 1 N–H and O–H groups in total. The van der Waals surface area contributed by atoms with Crippen LogP contribution < -0.4 is 10.1 Å². The van der Waals surface area contributed by atoms with Crippen LogP contribution in [0, 0.1) is 6.92 Å². The number of rotatable bonds is 3. The first kappa shape index (κ1) is 17.3. The van der Waals surface area contributed by atoms with Crippen LogP contribution >= 0.6 is 0 Å². The highest BCUT2D eigenvalue weighted by atomic mass is 16.5. The van der Waals surface area contributed by atoms with Gasteiger partial charge in [0.15, 0.2) is 0 Å². The highest BCUT2D eigenvalue weighted by Gasteiger charge is 2.27. The molecule has 3 rings (SSSR count). The summed E-state index contributed by atoms with van der Waals surface area (Å²) in [6.07, 6.45) is 4.29. The van der Waals surface area contributed by atoms with E-state index in [0.717, 1.165) is 55.1 Å². The third-order valence-corrected chi connectivity index (χ3v) is 4.75. The molecule has 0 spiro atoms. The van der Waals surface area contributed by atoms with Crippen molar-refractivity contribution >= 4 is 11.8 Å². The van der Waals surface area contributed by atoms with E-state index < -0.39 is 0 Å². The van der Waals surface area contributed by atoms with Crippen LogP contribution in [0.2, 0.25) is 0 Å². The average molecular weight is 342 g/mol. The number of urea groups is 1. The molecule has 1 aliphatic heterocycles. The van der Waals surface area contributed by atoms with Crippen molar-refractivity contribution in [3.05, 3.63) is 41.6 Å². The van der Waals surface area contributed by atoms with Crippen molar-refractivity contribution in [3.63, 3.8) is 0 Å². The second-order valence-corrected chi connectivity index (χ2v) is 6.56. The predicted molar refractivity (Wildman–Crippen MR) is 97.9 cm³/mol. The molecule has 6 heteroatoms. The van der Waals surface area contributed by atoms with E-state index in [1.807, 2.05) is 37.1 Å². The van der Waals surface area contributed by atoms with Crippen LogP contribution in [-0.2, 0) is 7.05 Å². The number of hydrogen-bond acceptors (Lipinski definition) is 3. The number of methoxy groups -OCH3 is 1. The van der Waals surface area contributed by atoms with Crippen molar-refractivity contribution in [2.45, 2.75) is 38.6 Å². The van der Waals surface area contributed by atoms with Crippen molar-refractivity contribution < 1.29 is 9.53 Å². The van der Waals surface area contributed by atoms with E-state index in [0.29, 0.717) is 0 Å². The lowest BCUT2D eigenvalue weighted by atomic mass is 10.0. The van der Waals surface area contributed by atoms with Gasteiger partial charge in [-0.3, -0.25) is 10.00 Å². The maximum atomic E-state index is 12.9. The Morgan fingerprint density at radius 3 is 2.64 bits per heavy atom. The van der Waals surface area contributed by atoms with Crippen LogP contribution in [0.15, 0.2) is 30.3 Å². The number of benzene rings is 1. The highest BCUT2D eigenvalue weighted by molar-refractivity contribution is 5.88. The highest BCUT2D eigenvalue weighted by Crippen LogP contribution is 2.31. The Balaban J connectivity index is 1.81. The van der Waals surface area contributed by atoms with Crippen molar-refractivity contribution in [3.8, 4) is 5.75 Å². The first-order valence-corrected chi connectivity index (χ1v) is 8.80. The van der Waals surface area contributed by atoms with Crippen LogP contribution in [0.1, 0.15) is 43.0 Å². The Bertz CT molecular complexity index is 724. The Labute approximate surface area is 148 Å². The molecule has 1 aromatic heterocycles. The number of nitrogens with zero attached hydrogens (tertiary/aromatic N) is 3. The van der Waals surface area contributed by atoms with Crippen molar-refractivity contribution in [2.75, 3.05) is 19.0 Å². The summed E-state index contributed by atoms with van der Waals surface area (Å²) in [5.74, 6) is 1.55. The number of ether oxygens (including phenoxy) is 1. The van der Waals surface area contributed by atoms with Gasteiger partial charge in [-0.2, -0.15) is 5.10 Å². The van der Waals surface area contributed by atoms with Crippen molar-refractivity contribution in [1.29, 1.82) is 0 Å². The molecule has 0 aliphatic carbocycles. The van der Waals surface area contributed by atoms with Crippen LogP contribution in [-0.4, -0.2) is 34.4 Å². The Morgan fingerprint density at radius 1 is 1.24 bits per heavy atom. The fourth-order valence-electron chi connectivity index (χ4n) is 3.43. The molecule has 2 amide bonds. The number of carbonyl (C=O) groups excluding carboxylic acids is 1. The van der Waals surface area contributed by atoms with Gasteiger partial charge in [-0.25, -0.2) is 4.79 Å². The van der Waals surface area contributed by atoms with Gasteiger partial charge in [0, 0.05) is 19.7 Å². The molecule has 1 fully saturated rings. The molecule has 0 radical (unpaired) electrons. The molecular formula is C19H26N4O2. The zero-order valence-corrected chi connectivity index (χ0v) is 15.2. The van der Waals surface area contributed by atoms with Gasteiger partial charge in [0.05, 0.1) is 18.8 Å². The van der Waals surface area contributed by atoms with Crippen molar-refractivity contribution in [1.82, 2.24) is 14.7 Å². The third kappa shape index (κ3) is 3.95. The number of aromatic nitrogens is 2. The number of amides is 2. The van der Waals surface area contributed by atoms with E-state index in [1.165, 1.54) is 0 Å². The lowest BCUT2D eigenvalue weighted by Gasteiger charge is -2.30. The molecule has 1 saturated heterocycles. The van der Waals surface area contributed by atoms with Crippen LogP contribution in [0.4, 0.5) is 10.6 Å². The first-order valence-electron chi connectivity index (χ1n) is 8.80. The maximum Gasteiger partial charge on any atom is 0.323 e. The normalized spacial score (nSPS) is 17.9. The molecule has 134 valence electrons. The second-order valence-electron chi connectivity index (χ2n) is 6.56. The topological polar surface area (TPSA) is 59.4 Å². The monoisotopic (exact) mass is 342 g/mol. The van der Waals surface area contributed by atoms with Crippen LogP contribution in [0.3, 0.4) is 0 Å². The van der Waals surface area contributed by atoms with E-state index in [-0.39, 0.29) is 12.1 Å². The Morgan fingerprint density at radius 2 is 2.00 bits per heavy atom. The first-order chi connectivity index (χ1) is 12.1. The van der Waals surface area contributed by atoms with Gasteiger partial charge in [-0.1, -0.05) is 25.0 Å². The fourth-order valence-corrected chi connectivity index (χ4v) is 3.43. The summed E-state index contributed by atoms with van der Waals surface area (Å²) in [5, 5.41) is 7.31. The minimum Gasteiger partial charge on any atom is -0.497 e. The summed E-state index contributed by atoms with van der Waals surface area (Å²) in [6, 6.07) is 9.94. The van der Waals surface area contributed by atoms with E-state index in [4.69, 9.17) is 4.74 Å². The van der Waals surface area contributed by atoms with E-state index in [1.54, 1.807) is 11.8 Å². The molecule has 1 atom stereocenters. The van der Waals surface area contributed by atoms with Gasteiger partial charge >= 0.3 is 6.03 Å². The number of carbonyl (C=O) groups is 1. The zero-order chi connectivity index (χ0) is 17.8. The molecule has 0 bridgehead atoms. The van der Waals surface area contributed by atoms with Gasteiger partial charge in [0.1, 0.15) is 11.6 Å². The summed E-state index contributed by atoms with van der Waals surface area (Å²) >= 11 is 0. The third-order valence-electron chi connectivity index (χ3n) is 4.75. The maximum absolute atomic E-state index is 12.9. The number of hydrogen-bond donors (Lipinski definition) is 1. The number of aryl methyl sites for hydroxylation is 2. The van der Waals surface area contributed by atoms with E-state index in [9.17, 15) is 4.79 Å². The smallest absolute Gasteiger partial charge is 0.323 e. The van der Waals surface area contributed by atoms with E-state index in [2.05, 4.69) is 22.5 Å². The summed E-state index contributed by atoms with van der Waals surface area (Å²) in [7, 11) is 3.50. The fraction of sp³-hybridized carbons (Fsp3) is 0.474. The molecule has 1 aliphatic rings. The summed E-state index contributed by atoms with van der Waals surface area (Å²) in [4.78, 5) is 14.9. The quantitative estimate of drug-likeness (QED) is 0.921. The van der Waals surface area contributed by atoms with Gasteiger partial charge in [-0.15, -0.1) is 0 Å². The number of likely N-dealkylation sites (tertiary alicyclic amines) is 1. The molecule has 0 saturated carbocycles. The Hall–Kier alpha value is -2.50. The standard InChI is InChI=1S/C19H26N4O2/c1-14-13-18(22(2)21-14)20-19(24)23-12-6-4-5-7-17(23)15-8-10-16(25-3)11-9-15/h8-11,13,17H,4-7,12H2,1-3H3,(H,20,24)/t17-/m0/s1. The average Bonchev–Trinajstić information content (AvgIpc) is 2.80. The molecule has 0 unspecified atom stereocenters. The van der Waals surface area contributed by atoms with Crippen molar-refractivity contribution in [2.24, 2.45) is 7.05 Å². The van der Waals surface area contributed by atoms with Gasteiger partial charge in [0.25, 0.3) is 0 Å². The lowest BCUT2D eigenvalue weighted by molar-refractivity contribution is 0.189. The van der Waals surface area contributed by atoms with Gasteiger partial charge < -0.3 is 9.64 Å². The summed E-state index contributed by atoms with van der Waals surface area (Å²) in [5.41, 5.74) is 2.04. The van der Waals surface area contributed by atoms with Gasteiger partial charge in [0.2, 0.25) is 0 Å². The molecule has 6 nitrogen and oxygen atoms in total. The summed E-state index contributed by atoms with van der Waals surface area (Å²) in [6.45, 7) is 2.68. The molecule has 25 heavy (non-hydrogen) atoms. The molecule has 2 aromatic rings. The molecule has 1 aromatic carbocycles. The van der Waals surface area contributed by atoms with Crippen LogP contribution in [0.25, 0.3) is 0 Å². The lowest BCUT2D eigenvalue weighted by Crippen LogP contribution is -2.38. The van der Waals surface area contributed by atoms with Gasteiger partial charge in [-0.05, 0) is 37.5 Å². The minimum atomic E-state index is -0.0641. The molecule has 2 heterocycles. The SMILES string of the molecule is COc1ccc([C@@H]2CCCCCN2C(=O)Nc2cc(C)nn2C)cc1. The largest absolute Gasteiger partial charge is 0.497 e.